The third kappa shape index (κ3) is 3.74. The van der Waals surface area contributed by atoms with Gasteiger partial charge in [0.1, 0.15) is 5.82 Å². The van der Waals surface area contributed by atoms with Crippen LogP contribution < -0.4 is 5.32 Å². The maximum Gasteiger partial charge on any atom is 0.324 e. The van der Waals surface area contributed by atoms with Crippen LogP contribution in [0.2, 0.25) is 0 Å². The van der Waals surface area contributed by atoms with E-state index in [9.17, 15) is 4.79 Å². The number of carbonyl (C=O) groups is 1. The average Bonchev–Trinajstić information content (AvgIpc) is 3.18. The highest BCUT2D eigenvalue weighted by Gasteiger charge is 2.29. The molecule has 2 amide bonds. The Morgan fingerprint density at radius 3 is 2.62 bits per heavy atom. The Kier molecular flexibility index (Phi) is 5.18. The second-order valence-electron chi connectivity index (χ2n) is 7.43. The van der Waals surface area contributed by atoms with Crippen molar-refractivity contribution < 1.29 is 4.79 Å². The number of rotatable bonds is 3. The topological polar surface area (TPSA) is 73.9 Å². The lowest BCUT2D eigenvalue weighted by molar-refractivity contribution is 0.163. The Morgan fingerprint density at radius 1 is 1.04 bits per heavy atom. The molecule has 1 atom stereocenters. The summed E-state index contributed by atoms with van der Waals surface area (Å²) < 4.78 is 0. The molecule has 2 heterocycles. The van der Waals surface area contributed by atoms with Crippen molar-refractivity contribution in [3.63, 3.8) is 0 Å². The summed E-state index contributed by atoms with van der Waals surface area (Å²) >= 11 is 0. The maximum atomic E-state index is 12.9. The van der Waals surface area contributed by atoms with Crippen LogP contribution in [0.25, 0.3) is 0 Å². The fourth-order valence-electron chi connectivity index (χ4n) is 4.25. The SMILES string of the molecule is O=C(Nc1n[nH]c(C2CCCCC2)n1)N1CCCCC1c1ccccc1. The van der Waals surface area contributed by atoms with Crippen LogP contribution in [0.3, 0.4) is 0 Å². The number of urea groups is 1. The molecular formula is C20H27N5O. The van der Waals surface area contributed by atoms with Gasteiger partial charge in [0.05, 0.1) is 6.04 Å². The van der Waals surface area contributed by atoms with Crippen LogP contribution in [0.5, 0.6) is 0 Å². The number of nitrogens with one attached hydrogen (secondary N) is 2. The van der Waals surface area contributed by atoms with Gasteiger partial charge in [0, 0.05) is 12.5 Å². The van der Waals surface area contributed by atoms with Crippen molar-refractivity contribution in [3.8, 4) is 0 Å². The second kappa shape index (κ2) is 7.89. The summed E-state index contributed by atoms with van der Waals surface area (Å²) in [4.78, 5) is 19.3. The molecule has 0 spiro atoms. The van der Waals surface area contributed by atoms with Crippen LogP contribution in [-0.4, -0.2) is 32.7 Å². The summed E-state index contributed by atoms with van der Waals surface area (Å²) in [7, 11) is 0. The Bertz CT molecular complexity index is 723. The molecule has 1 saturated carbocycles. The number of aromatic nitrogens is 3. The van der Waals surface area contributed by atoms with E-state index in [0.717, 1.165) is 44.5 Å². The molecule has 4 rings (SSSR count). The molecule has 1 saturated heterocycles. The van der Waals surface area contributed by atoms with E-state index < -0.39 is 0 Å². The number of hydrogen-bond donors (Lipinski definition) is 2. The average molecular weight is 353 g/mol. The summed E-state index contributed by atoms with van der Waals surface area (Å²) in [6.45, 7) is 0.769. The molecule has 1 aromatic heterocycles. The van der Waals surface area contributed by atoms with E-state index in [4.69, 9.17) is 0 Å². The van der Waals surface area contributed by atoms with Crippen molar-refractivity contribution in [1.29, 1.82) is 0 Å². The molecule has 6 heteroatoms. The Hall–Kier alpha value is -2.37. The molecular weight excluding hydrogens is 326 g/mol. The van der Waals surface area contributed by atoms with Gasteiger partial charge in [-0.05, 0) is 37.7 Å². The highest BCUT2D eigenvalue weighted by molar-refractivity contribution is 5.87. The number of likely N-dealkylation sites (tertiary alicyclic amines) is 1. The lowest BCUT2D eigenvalue weighted by Crippen LogP contribution is -2.41. The molecule has 0 bridgehead atoms. The van der Waals surface area contributed by atoms with Crippen LogP contribution in [0.15, 0.2) is 30.3 Å². The number of amides is 2. The standard InChI is InChI=1S/C20H27N5O/c26-20(22-19-21-18(23-24-19)16-11-5-2-6-12-16)25-14-8-7-13-17(25)15-9-3-1-4-10-15/h1,3-4,9-10,16-17H,2,5-8,11-14H2,(H2,21,22,23,24,26). The normalized spacial score (nSPS) is 21.5. The molecule has 1 unspecified atom stereocenters. The van der Waals surface area contributed by atoms with E-state index in [1.165, 1.54) is 24.8 Å². The van der Waals surface area contributed by atoms with E-state index in [1.54, 1.807) is 0 Å². The minimum atomic E-state index is -0.104. The zero-order valence-corrected chi connectivity index (χ0v) is 15.2. The van der Waals surface area contributed by atoms with Gasteiger partial charge in [-0.3, -0.25) is 10.4 Å². The molecule has 0 radical (unpaired) electrons. The number of piperidine rings is 1. The number of aromatic amines is 1. The minimum absolute atomic E-state index is 0.104. The van der Waals surface area contributed by atoms with Gasteiger partial charge in [-0.2, -0.15) is 4.98 Å². The van der Waals surface area contributed by atoms with Crippen LogP contribution in [0.1, 0.15) is 74.7 Å². The quantitative estimate of drug-likeness (QED) is 0.846. The first kappa shape index (κ1) is 17.1. The van der Waals surface area contributed by atoms with Gasteiger partial charge >= 0.3 is 6.03 Å². The summed E-state index contributed by atoms with van der Waals surface area (Å²) in [5.74, 6) is 1.76. The van der Waals surface area contributed by atoms with Gasteiger partial charge in [-0.15, -0.1) is 5.10 Å². The number of H-pyrrole nitrogens is 1. The highest BCUT2D eigenvalue weighted by atomic mass is 16.2. The number of benzene rings is 1. The fraction of sp³-hybridized carbons (Fsp3) is 0.550. The Labute approximate surface area is 154 Å². The van der Waals surface area contributed by atoms with Gasteiger partial charge in [0.25, 0.3) is 0 Å². The maximum absolute atomic E-state index is 12.9. The highest BCUT2D eigenvalue weighted by Crippen LogP contribution is 2.32. The Balaban J connectivity index is 1.44. The van der Waals surface area contributed by atoms with Crippen LogP contribution >= 0.6 is 0 Å². The molecule has 2 aliphatic rings. The van der Waals surface area contributed by atoms with Gasteiger partial charge in [-0.1, -0.05) is 49.6 Å². The van der Waals surface area contributed by atoms with Gasteiger partial charge in [-0.25, -0.2) is 4.79 Å². The molecule has 138 valence electrons. The first-order valence-corrected chi connectivity index (χ1v) is 9.86. The monoisotopic (exact) mass is 353 g/mol. The van der Waals surface area contributed by atoms with Gasteiger partial charge in [0.15, 0.2) is 0 Å². The van der Waals surface area contributed by atoms with Crippen molar-refractivity contribution in [3.05, 3.63) is 41.7 Å². The summed E-state index contributed by atoms with van der Waals surface area (Å²) in [5.41, 5.74) is 1.19. The van der Waals surface area contributed by atoms with Crippen molar-refractivity contribution in [2.45, 2.75) is 63.3 Å². The molecule has 2 aromatic rings. The lowest BCUT2D eigenvalue weighted by Gasteiger charge is -2.35. The summed E-state index contributed by atoms with van der Waals surface area (Å²) in [5, 5.41) is 10.2. The van der Waals surface area contributed by atoms with E-state index in [-0.39, 0.29) is 12.1 Å². The number of nitrogens with zero attached hydrogens (tertiary/aromatic N) is 3. The van der Waals surface area contributed by atoms with Crippen molar-refractivity contribution in [1.82, 2.24) is 20.1 Å². The Morgan fingerprint density at radius 2 is 1.81 bits per heavy atom. The van der Waals surface area contributed by atoms with E-state index in [1.807, 2.05) is 23.1 Å². The summed E-state index contributed by atoms with van der Waals surface area (Å²) in [6.07, 6.45) is 9.31. The van der Waals surface area contributed by atoms with E-state index in [2.05, 4.69) is 32.6 Å². The van der Waals surface area contributed by atoms with Crippen LogP contribution in [0.4, 0.5) is 10.7 Å². The lowest BCUT2D eigenvalue weighted by atomic mass is 9.89. The summed E-state index contributed by atoms with van der Waals surface area (Å²) in [6, 6.07) is 10.3. The van der Waals surface area contributed by atoms with Crippen molar-refractivity contribution in [2.24, 2.45) is 0 Å². The van der Waals surface area contributed by atoms with Crippen molar-refractivity contribution >= 4 is 12.0 Å². The molecule has 1 aromatic carbocycles. The van der Waals surface area contributed by atoms with Gasteiger partial charge in [0.2, 0.25) is 5.95 Å². The third-order valence-electron chi connectivity index (χ3n) is 5.66. The molecule has 1 aliphatic heterocycles. The van der Waals surface area contributed by atoms with E-state index >= 15 is 0 Å². The second-order valence-corrected chi connectivity index (χ2v) is 7.43. The molecule has 26 heavy (non-hydrogen) atoms. The number of hydrogen-bond acceptors (Lipinski definition) is 3. The third-order valence-corrected chi connectivity index (χ3v) is 5.66. The first-order chi connectivity index (χ1) is 12.8. The molecule has 1 aliphatic carbocycles. The predicted octanol–water partition coefficient (Wildman–Crippen LogP) is 4.61. The van der Waals surface area contributed by atoms with E-state index in [0.29, 0.717) is 11.9 Å². The molecule has 6 nitrogen and oxygen atoms in total. The smallest absolute Gasteiger partial charge is 0.317 e. The largest absolute Gasteiger partial charge is 0.324 e. The van der Waals surface area contributed by atoms with Crippen LogP contribution in [-0.2, 0) is 0 Å². The van der Waals surface area contributed by atoms with Crippen LogP contribution in [0, 0.1) is 0 Å². The van der Waals surface area contributed by atoms with Gasteiger partial charge < -0.3 is 4.90 Å². The minimum Gasteiger partial charge on any atom is -0.317 e. The number of anilines is 1. The van der Waals surface area contributed by atoms with Crippen molar-refractivity contribution in [2.75, 3.05) is 11.9 Å². The first-order valence-electron chi connectivity index (χ1n) is 9.86. The predicted molar refractivity (Wildman–Crippen MR) is 101 cm³/mol. The zero-order chi connectivity index (χ0) is 17.8. The molecule has 2 N–H and O–H groups in total. The number of carbonyl (C=O) groups excluding carboxylic acids is 1. The molecule has 2 fully saturated rings. The fourth-order valence-corrected chi connectivity index (χ4v) is 4.25. The zero-order valence-electron chi connectivity index (χ0n) is 15.2.